The lowest BCUT2D eigenvalue weighted by molar-refractivity contribution is 0.324. The number of sulfonamides is 1. The molecule has 0 heterocycles. The second kappa shape index (κ2) is 8.09. The summed E-state index contributed by atoms with van der Waals surface area (Å²) in [6, 6.07) is 8.54. The summed E-state index contributed by atoms with van der Waals surface area (Å²) in [5.41, 5.74) is 2.08. The third-order valence-electron chi connectivity index (χ3n) is 3.71. The molecular formula is C18H22N2O5S. The van der Waals surface area contributed by atoms with Crippen LogP contribution in [-0.4, -0.2) is 36.0 Å². The molecule has 0 fully saturated rings. The Balaban J connectivity index is 2.29. The Bertz CT molecular complexity index is 898. The Kier molecular flexibility index (Phi) is 6.10. The molecule has 0 aliphatic carbocycles. The van der Waals surface area contributed by atoms with E-state index in [1.165, 1.54) is 27.5 Å². The number of hydrogen-bond donors (Lipinski definition) is 1. The molecule has 0 aliphatic rings. The van der Waals surface area contributed by atoms with E-state index < -0.39 is 10.0 Å². The zero-order valence-electron chi connectivity index (χ0n) is 15.4. The summed E-state index contributed by atoms with van der Waals surface area (Å²) >= 11 is 0. The molecule has 1 N–H and O–H groups in total. The van der Waals surface area contributed by atoms with Crippen molar-refractivity contribution in [1.82, 2.24) is 4.83 Å². The minimum absolute atomic E-state index is 0.194. The fourth-order valence-electron chi connectivity index (χ4n) is 2.39. The number of aryl methyl sites for hydroxylation is 2. The molecule has 2 rings (SSSR count). The predicted octanol–water partition coefficient (Wildman–Crippen LogP) is 2.64. The molecule has 0 bridgehead atoms. The fraction of sp³-hybridized carbons (Fsp3) is 0.278. The van der Waals surface area contributed by atoms with Crippen LogP contribution >= 0.6 is 0 Å². The molecule has 0 aliphatic heterocycles. The first-order valence-corrected chi connectivity index (χ1v) is 9.23. The molecule has 26 heavy (non-hydrogen) atoms. The van der Waals surface area contributed by atoms with Gasteiger partial charge in [0.25, 0.3) is 10.0 Å². The van der Waals surface area contributed by atoms with Gasteiger partial charge < -0.3 is 14.2 Å². The van der Waals surface area contributed by atoms with Crippen molar-refractivity contribution in [2.45, 2.75) is 18.7 Å². The van der Waals surface area contributed by atoms with Gasteiger partial charge in [-0.15, -0.1) is 0 Å². The first-order chi connectivity index (χ1) is 12.3. The molecule has 2 aromatic rings. The minimum Gasteiger partial charge on any atom is -0.493 e. The number of rotatable bonds is 7. The van der Waals surface area contributed by atoms with E-state index in [1.54, 1.807) is 31.2 Å². The highest BCUT2D eigenvalue weighted by Crippen LogP contribution is 2.37. The highest BCUT2D eigenvalue weighted by molar-refractivity contribution is 7.89. The maximum absolute atomic E-state index is 12.4. The fourth-order valence-corrected chi connectivity index (χ4v) is 3.51. The van der Waals surface area contributed by atoms with Crippen LogP contribution < -0.4 is 19.0 Å². The van der Waals surface area contributed by atoms with E-state index in [-0.39, 0.29) is 4.90 Å². The van der Waals surface area contributed by atoms with Gasteiger partial charge >= 0.3 is 0 Å². The number of nitrogens with one attached hydrogen (secondary N) is 1. The van der Waals surface area contributed by atoms with E-state index in [2.05, 4.69) is 9.93 Å². The molecule has 0 saturated carbocycles. The molecule has 0 unspecified atom stereocenters. The number of ether oxygens (including phenoxy) is 3. The number of hydrazone groups is 1. The van der Waals surface area contributed by atoms with Crippen molar-refractivity contribution >= 4 is 16.2 Å². The quantitative estimate of drug-likeness (QED) is 0.591. The summed E-state index contributed by atoms with van der Waals surface area (Å²) < 4.78 is 40.7. The molecule has 7 nitrogen and oxygen atoms in total. The molecule has 0 atom stereocenters. The van der Waals surface area contributed by atoms with Gasteiger partial charge in [-0.2, -0.15) is 13.5 Å². The summed E-state index contributed by atoms with van der Waals surface area (Å²) in [6.45, 7) is 3.56. The molecule has 0 spiro atoms. The van der Waals surface area contributed by atoms with Crippen LogP contribution in [0.5, 0.6) is 17.2 Å². The molecule has 2 aromatic carbocycles. The van der Waals surface area contributed by atoms with Gasteiger partial charge in [-0.3, -0.25) is 0 Å². The lowest BCUT2D eigenvalue weighted by Gasteiger charge is -2.12. The van der Waals surface area contributed by atoms with Crippen LogP contribution in [0.4, 0.5) is 0 Å². The number of methoxy groups -OCH3 is 3. The lowest BCUT2D eigenvalue weighted by atomic mass is 10.2. The second-order valence-corrected chi connectivity index (χ2v) is 7.21. The first-order valence-electron chi connectivity index (χ1n) is 7.74. The van der Waals surface area contributed by atoms with Gasteiger partial charge in [-0.1, -0.05) is 12.1 Å². The van der Waals surface area contributed by atoms with Gasteiger partial charge in [0.1, 0.15) is 0 Å². The third kappa shape index (κ3) is 4.26. The third-order valence-corrected chi connectivity index (χ3v) is 5.07. The normalized spacial score (nSPS) is 11.4. The van der Waals surface area contributed by atoms with Crippen molar-refractivity contribution in [3.05, 3.63) is 47.0 Å². The smallest absolute Gasteiger partial charge is 0.276 e. The Hall–Kier alpha value is -2.74. The highest BCUT2D eigenvalue weighted by Gasteiger charge is 2.16. The monoisotopic (exact) mass is 378 g/mol. The topological polar surface area (TPSA) is 86.2 Å². The highest BCUT2D eigenvalue weighted by atomic mass is 32.2. The van der Waals surface area contributed by atoms with E-state index >= 15 is 0 Å². The average molecular weight is 378 g/mol. The maximum atomic E-state index is 12.4. The van der Waals surface area contributed by atoms with Gasteiger partial charge in [0, 0.05) is 5.56 Å². The van der Waals surface area contributed by atoms with Crippen molar-refractivity contribution in [1.29, 1.82) is 0 Å². The molecule has 0 radical (unpaired) electrons. The van der Waals surface area contributed by atoms with Crippen LogP contribution in [0.3, 0.4) is 0 Å². The van der Waals surface area contributed by atoms with Crippen LogP contribution in [-0.2, 0) is 10.0 Å². The Morgan fingerprint density at radius 3 is 2.12 bits per heavy atom. The maximum Gasteiger partial charge on any atom is 0.276 e. The van der Waals surface area contributed by atoms with E-state index in [0.29, 0.717) is 28.4 Å². The van der Waals surface area contributed by atoms with Crippen LogP contribution in [0.2, 0.25) is 0 Å². The Morgan fingerprint density at radius 1 is 0.962 bits per heavy atom. The van der Waals surface area contributed by atoms with Gasteiger partial charge in [0.05, 0.1) is 32.4 Å². The van der Waals surface area contributed by atoms with Crippen LogP contribution in [0.25, 0.3) is 0 Å². The summed E-state index contributed by atoms with van der Waals surface area (Å²) in [7, 11) is 0.746. The number of benzene rings is 2. The van der Waals surface area contributed by atoms with E-state index in [4.69, 9.17) is 14.2 Å². The number of nitrogens with zero attached hydrogens (tertiary/aromatic N) is 1. The van der Waals surface area contributed by atoms with Gasteiger partial charge in [0.15, 0.2) is 11.5 Å². The summed E-state index contributed by atoms with van der Waals surface area (Å²) in [4.78, 5) is 2.42. The molecule has 140 valence electrons. The SMILES string of the molecule is COc1cc(/C=N/NS(=O)(=O)c2cc(C)ccc2C)cc(OC)c1OC. The zero-order chi connectivity index (χ0) is 19.3. The van der Waals surface area contributed by atoms with Crippen LogP contribution in [0, 0.1) is 13.8 Å². The van der Waals surface area contributed by atoms with Gasteiger partial charge in [-0.25, -0.2) is 4.83 Å². The molecule has 0 saturated heterocycles. The van der Waals surface area contributed by atoms with Crippen molar-refractivity contribution in [3.63, 3.8) is 0 Å². The standard InChI is InChI=1S/C18H22N2O5S/c1-12-6-7-13(2)17(8-12)26(21,22)20-19-11-14-9-15(23-3)18(25-5)16(10-14)24-4/h6-11,20H,1-5H3/b19-11+. The predicted molar refractivity (Wildman–Crippen MR) is 99.9 cm³/mol. The van der Waals surface area contributed by atoms with E-state index in [1.807, 2.05) is 13.0 Å². The van der Waals surface area contributed by atoms with Crippen molar-refractivity contribution in [2.24, 2.45) is 5.10 Å². The Morgan fingerprint density at radius 2 is 1.58 bits per heavy atom. The minimum atomic E-state index is -3.76. The van der Waals surface area contributed by atoms with Gasteiger partial charge in [-0.05, 0) is 43.2 Å². The van der Waals surface area contributed by atoms with Crippen LogP contribution in [0.1, 0.15) is 16.7 Å². The summed E-state index contributed by atoms with van der Waals surface area (Å²) in [5, 5.41) is 3.85. The van der Waals surface area contributed by atoms with Crippen molar-refractivity contribution in [2.75, 3.05) is 21.3 Å². The molecule has 0 amide bonds. The van der Waals surface area contributed by atoms with E-state index in [9.17, 15) is 8.42 Å². The zero-order valence-corrected chi connectivity index (χ0v) is 16.2. The average Bonchev–Trinajstić information content (AvgIpc) is 2.62. The van der Waals surface area contributed by atoms with Crippen molar-refractivity contribution in [3.8, 4) is 17.2 Å². The summed E-state index contributed by atoms with van der Waals surface area (Å²) in [5.74, 6) is 1.35. The molecule has 8 heteroatoms. The Labute approximate surface area is 153 Å². The second-order valence-electron chi connectivity index (χ2n) is 5.58. The largest absolute Gasteiger partial charge is 0.493 e. The first kappa shape index (κ1) is 19.6. The van der Waals surface area contributed by atoms with Crippen LogP contribution in [0.15, 0.2) is 40.3 Å². The summed E-state index contributed by atoms with van der Waals surface area (Å²) in [6.07, 6.45) is 1.37. The molecule has 0 aromatic heterocycles. The van der Waals surface area contributed by atoms with Gasteiger partial charge in [0.2, 0.25) is 5.75 Å². The number of hydrogen-bond acceptors (Lipinski definition) is 6. The molecular weight excluding hydrogens is 356 g/mol. The lowest BCUT2D eigenvalue weighted by Crippen LogP contribution is -2.19. The van der Waals surface area contributed by atoms with Crippen molar-refractivity contribution < 1.29 is 22.6 Å². The van der Waals surface area contributed by atoms with E-state index in [0.717, 1.165) is 5.56 Å².